The van der Waals surface area contributed by atoms with Gasteiger partial charge in [0.25, 0.3) is 0 Å². The number of esters is 2. The Hall–Kier alpha value is -1.99. The van der Waals surface area contributed by atoms with E-state index in [-0.39, 0.29) is 19.4 Å². The van der Waals surface area contributed by atoms with E-state index in [1.54, 1.807) is 0 Å². The maximum atomic E-state index is 12.4. The van der Waals surface area contributed by atoms with E-state index >= 15 is 0 Å². The summed E-state index contributed by atoms with van der Waals surface area (Å²) in [5.41, 5.74) is 0. The van der Waals surface area contributed by atoms with Crippen LogP contribution in [0.1, 0.15) is 168 Å². The molecule has 2 N–H and O–H groups in total. The summed E-state index contributed by atoms with van der Waals surface area (Å²) in [5.74, 6) is -0.909. The molecule has 0 aromatic rings. The highest BCUT2D eigenvalue weighted by molar-refractivity contribution is 7.46. The topological polar surface area (TPSA) is 119 Å². The normalized spacial score (nSPS) is 13.0. The molecule has 0 heterocycles. The van der Waals surface area contributed by atoms with Gasteiger partial charge in [-0.1, -0.05) is 140 Å². The van der Waals surface area contributed by atoms with Crippen molar-refractivity contribution in [2.75, 3.05) is 13.2 Å². The van der Waals surface area contributed by atoms with Crippen LogP contribution in [0.5, 0.6) is 0 Å². The number of hydrogen-bond acceptors (Lipinski definition) is 6. The maximum absolute atomic E-state index is 12.4. The van der Waals surface area contributed by atoms with Gasteiger partial charge in [-0.2, -0.15) is 0 Å². The number of unbranched alkanes of at least 4 members (excludes halogenated alkanes) is 16. The standard InChI is InChI=1S/C39H69O8P/c1-3-5-7-9-11-13-15-17-19-21-23-25-27-29-31-33-38(40)45-35-37(36-46-48(42,43)44)47-39(41)34-32-30-28-26-24-22-20-18-16-14-12-10-8-6-4-2/h6,8-9,11-12,14,18,20,37H,3-5,7,10,13,15-17,19,21-36H2,1-2H3,(H2,42,43,44)/b8-6+,11-9+,14-12+,20-18+/t37-/m1/s1. The molecule has 0 aromatic carbocycles. The van der Waals surface area contributed by atoms with Crippen LogP contribution in [-0.4, -0.2) is 41.0 Å². The van der Waals surface area contributed by atoms with Gasteiger partial charge in [0.05, 0.1) is 6.61 Å². The molecule has 278 valence electrons. The molecule has 0 aliphatic rings. The fourth-order valence-electron chi connectivity index (χ4n) is 5.01. The van der Waals surface area contributed by atoms with Gasteiger partial charge >= 0.3 is 19.8 Å². The average molecular weight is 697 g/mol. The Balaban J connectivity index is 3.99. The predicted molar refractivity (Wildman–Crippen MR) is 198 cm³/mol. The first-order valence-electron chi connectivity index (χ1n) is 18.9. The number of allylic oxidation sites excluding steroid dienone is 8. The van der Waals surface area contributed by atoms with Gasteiger partial charge in [0.1, 0.15) is 6.61 Å². The number of carbonyl (C=O) groups excluding carboxylic acids is 2. The highest BCUT2D eigenvalue weighted by atomic mass is 31.2. The van der Waals surface area contributed by atoms with Crippen molar-refractivity contribution < 1.29 is 37.9 Å². The minimum Gasteiger partial charge on any atom is -0.462 e. The van der Waals surface area contributed by atoms with Crippen LogP contribution in [0.3, 0.4) is 0 Å². The number of rotatable bonds is 34. The minimum atomic E-state index is -4.76. The molecule has 9 heteroatoms. The summed E-state index contributed by atoms with van der Waals surface area (Å²) in [7, 11) is -4.76. The van der Waals surface area contributed by atoms with Crippen LogP contribution >= 0.6 is 7.82 Å². The molecule has 1 atom stereocenters. The Morgan fingerprint density at radius 1 is 0.562 bits per heavy atom. The highest BCUT2D eigenvalue weighted by Crippen LogP contribution is 2.36. The molecule has 0 spiro atoms. The largest absolute Gasteiger partial charge is 0.469 e. The summed E-state index contributed by atoms with van der Waals surface area (Å²) in [4.78, 5) is 42.7. The third-order valence-corrected chi connectivity index (χ3v) is 8.32. The van der Waals surface area contributed by atoms with Gasteiger partial charge in [0, 0.05) is 12.8 Å². The van der Waals surface area contributed by atoms with Crippen LogP contribution in [0.15, 0.2) is 48.6 Å². The predicted octanol–water partition coefficient (Wildman–Crippen LogP) is 11.2. The second-order valence-electron chi connectivity index (χ2n) is 12.5. The van der Waals surface area contributed by atoms with Crippen LogP contribution in [0.2, 0.25) is 0 Å². The van der Waals surface area contributed by atoms with Crippen molar-refractivity contribution in [3.05, 3.63) is 48.6 Å². The third-order valence-electron chi connectivity index (χ3n) is 7.83. The molecule has 8 nitrogen and oxygen atoms in total. The lowest BCUT2D eigenvalue weighted by atomic mass is 10.1. The van der Waals surface area contributed by atoms with Crippen molar-refractivity contribution in [3.8, 4) is 0 Å². The van der Waals surface area contributed by atoms with Crippen molar-refractivity contribution in [1.29, 1.82) is 0 Å². The van der Waals surface area contributed by atoms with E-state index in [1.165, 1.54) is 57.8 Å². The molecule has 0 saturated heterocycles. The summed E-state index contributed by atoms with van der Waals surface area (Å²) in [5, 5.41) is 0. The first kappa shape index (κ1) is 46.0. The van der Waals surface area contributed by atoms with E-state index in [0.29, 0.717) is 6.42 Å². The molecule has 0 saturated carbocycles. The average Bonchev–Trinajstić information content (AvgIpc) is 3.05. The molecule has 0 fully saturated rings. The smallest absolute Gasteiger partial charge is 0.462 e. The number of phosphoric ester groups is 1. The Morgan fingerprint density at radius 2 is 1.00 bits per heavy atom. The second kappa shape index (κ2) is 34.9. The number of carbonyl (C=O) groups is 2. The first-order chi connectivity index (χ1) is 23.3. The summed E-state index contributed by atoms with van der Waals surface area (Å²) in [6.07, 6.45) is 41.1. The molecule has 0 aromatic heterocycles. The van der Waals surface area contributed by atoms with Gasteiger partial charge in [-0.3, -0.25) is 14.1 Å². The van der Waals surface area contributed by atoms with Gasteiger partial charge < -0.3 is 19.3 Å². The maximum Gasteiger partial charge on any atom is 0.469 e. The Bertz CT molecular complexity index is 921. The molecule has 0 rings (SSSR count). The van der Waals surface area contributed by atoms with Gasteiger partial charge in [-0.25, -0.2) is 4.57 Å². The van der Waals surface area contributed by atoms with Gasteiger partial charge in [0.2, 0.25) is 0 Å². The summed E-state index contributed by atoms with van der Waals surface area (Å²) in [6.45, 7) is 3.52. The SMILES string of the molecule is CC/C=C/C/C=C/C/C=C/CCCCCCCC(=O)O[C@H](COC(=O)CCCCCCCCCCC/C=C/CCCC)COP(=O)(O)O. The molecule has 0 aliphatic heterocycles. The van der Waals surface area contributed by atoms with Crippen LogP contribution in [0.25, 0.3) is 0 Å². The molecule has 48 heavy (non-hydrogen) atoms. The first-order valence-corrected chi connectivity index (χ1v) is 20.5. The van der Waals surface area contributed by atoms with Crippen LogP contribution in [-0.2, 0) is 28.2 Å². The monoisotopic (exact) mass is 696 g/mol. The highest BCUT2D eigenvalue weighted by Gasteiger charge is 2.22. The van der Waals surface area contributed by atoms with Gasteiger partial charge in [-0.05, 0) is 64.2 Å². The quantitative estimate of drug-likeness (QED) is 0.0295. The lowest BCUT2D eigenvalue weighted by Gasteiger charge is -2.18. The Labute approximate surface area is 293 Å². The summed E-state index contributed by atoms with van der Waals surface area (Å²) in [6, 6.07) is 0. The Morgan fingerprint density at radius 3 is 1.52 bits per heavy atom. The van der Waals surface area contributed by atoms with Crippen LogP contribution in [0, 0.1) is 0 Å². The van der Waals surface area contributed by atoms with E-state index in [9.17, 15) is 14.2 Å². The molecular formula is C39H69O8P. The fraction of sp³-hybridized carbons (Fsp3) is 0.744. The van der Waals surface area contributed by atoms with Crippen LogP contribution in [0.4, 0.5) is 0 Å². The summed E-state index contributed by atoms with van der Waals surface area (Å²) < 4.78 is 26.3. The zero-order valence-electron chi connectivity index (χ0n) is 30.4. The van der Waals surface area contributed by atoms with E-state index in [2.05, 4.69) is 67.0 Å². The van der Waals surface area contributed by atoms with E-state index in [1.807, 2.05) is 0 Å². The van der Waals surface area contributed by atoms with Gasteiger partial charge in [-0.15, -0.1) is 0 Å². The molecule has 0 amide bonds. The zero-order valence-corrected chi connectivity index (χ0v) is 31.3. The molecule has 0 radical (unpaired) electrons. The number of hydrogen-bond donors (Lipinski definition) is 2. The third kappa shape index (κ3) is 36.8. The van der Waals surface area contributed by atoms with Crippen molar-refractivity contribution in [3.63, 3.8) is 0 Å². The molecule has 0 bridgehead atoms. The van der Waals surface area contributed by atoms with E-state index < -0.39 is 32.5 Å². The molecule has 0 unspecified atom stereocenters. The Kier molecular flexibility index (Phi) is 33.4. The van der Waals surface area contributed by atoms with Crippen molar-refractivity contribution in [2.45, 2.75) is 174 Å². The van der Waals surface area contributed by atoms with Crippen LogP contribution < -0.4 is 0 Å². The van der Waals surface area contributed by atoms with Gasteiger partial charge in [0.15, 0.2) is 6.10 Å². The van der Waals surface area contributed by atoms with Crippen molar-refractivity contribution >= 4 is 19.8 Å². The van der Waals surface area contributed by atoms with E-state index in [0.717, 1.165) is 77.0 Å². The number of ether oxygens (including phenoxy) is 2. The van der Waals surface area contributed by atoms with Crippen molar-refractivity contribution in [1.82, 2.24) is 0 Å². The zero-order chi connectivity index (χ0) is 35.4. The fourth-order valence-corrected chi connectivity index (χ4v) is 5.37. The van der Waals surface area contributed by atoms with Crippen molar-refractivity contribution in [2.24, 2.45) is 0 Å². The second-order valence-corrected chi connectivity index (χ2v) is 13.8. The lowest BCUT2D eigenvalue weighted by molar-refractivity contribution is -0.161. The van der Waals surface area contributed by atoms with E-state index in [4.69, 9.17) is 19.3 Å². The molecular weight excluding hydrogens is 627 g/mol. The summed E-state index contributed by atoms with van der Waals surface area (Å²) >= 11 is 0. The minimum absolute atomic E-state index is 0.191. The lowest BCUT2D eigenvalue weighted by Crippen LogP contribution is -2.29. The number of phosphoric acid groups is 1. The molecule has 0 aliphatic carbocycles.